The van der Waals surface area contributed by atoms with Gasteiger partial charge in [-0.15, -0.1) is 11.3 Å². The minimum absolute atomic E-state index is 0.0731. The molecule has 0 bridgehead atoms. The van der Waals surface area contributed by atoms with Crippen LogP contribution in [0.2, 0.25) is 0 Å². The summed E-state index contributed by atoms with van der Waals surface area (Å²) in [5.41, 5.74) is 3.93. The van der Waals surface area contributed by atoms with E-state index in [0.29, 0.717) is 17.3 Å². The Morgan fingerprint density at radius 2 is 1.89 bits per heavy atom. The molecule has 5 rings (SSSR count). The molecule has 5 aromatic rings. The smallest absolute Gasteiger partial charge is 0.337 e. The number of aryl methyl sites for hydroxylation is 2. The third-order valence-electron chi connectivity index (χ3n) is 5.84. The first kappa shape index (κ1) is 22.6. The van der Waals surface area contributed by atoms with Gasteiger partial charge in [-0.2, -0.15) is 5.10 Å². The number of fused-ring (bicyclic) bond motifs is 1. The van der Waals surface area contributed by atoms with E-state index in [0.717, 1.165) is 37.5 Å². The van der Waals surface area contributed by atoms with Crippen LogP contribution in [0.4, 0.5) is 15.9 Å². The number of thiophene rings is 1. The Labute approximate surface area is 205 Å². The zero-order valence-electron chi connectivity index (χ0n) is 19.3. The summed E-state index contributed by atoms with van der Waals surface area (Å²) in [6.45, 7) is 3.90. The molecule has 0 radical (unpaired) electrons. The lowest BCUT2D eigenvalue weighted by Crippen LogP contribution is -2.08. The maximum atomic E-state index is 13.9. The number of halogens is 1. The molecule has 0 spiro atoms. The summed E-state index contributed by atoms with van der Waals surface area (Å²) in [5.74, 6) is -0.305. The van der Waals surface area contributed by atoms with Gasteiger partial charge < -0.3 is 15.2 Å². The quantitative estimate of drug-likeness (QED) is 0.271. The number of methoxy groups -OCH3 is 1. The van der Waals surface area contributed by atoms with Crippen molar-refractivity contribution in [3.05, 3.63) is 89.4 Å². The number of benzene rings is 3. The summed E-state index contributed by atoms with van der Waals surface area (Å²) in [6, 6.07) is 19.4. The molecule has 0 unspecified atom stereocenters. The van der Waals surface area contributed by atoms with Gasteiger partial charge >= 0.3 is 5.97 Å². The first-order valence-corrected chi connectivity index (χ1v) is 11.7. The van der Waals surface area contributed by atoms with Crippen LogP contribution in [0.15, 0.2) is 66.7 Å². The van der Waals surface area contributed by atoms with Crippen LogP contribution >= 0.6 is 11.3 Å². The number of para-hydroxylation sites is 1. The number of carboxylic acids is 1. The zero-order chi connectivity index (χ0) is 24.7. The highest BCUT2D eigenvalue weighted by Gasteiger charge is 2.23. The number of carboxylic acid groups (broad SMARTS) is 1. The fourth-order valence-corrected chi connectivity index (χ4v) is 5.26. The van der Waals surface area contributed by atoms with Crippen molar-refractivity contribution in [3.63, 3.8) is 0 Å². The molecular weight excluding hydrogens is 465 g/mol. The molecule has 176 valence electrons. The van der Waals surface area contributed by atoms with E-state index in [4.69, 9.17) is 9.84 Å². The molecule has 0 aliphatic heterocycles. The van der Waals surface area contributed by atoms with Crippen molar-refractivity contribution in [2.75, 3.05) is 12.4 Å². The summed E-state index contributed by atoms with van der Waals surface area (Å²) in [5, 5.41) is 18.8. The topological polar surface area (TPSA) is 76.4 Å². The highest BCUT2D eigenvalue weighted by Crippen LogP contribution is 2.42. The van der Waals surface area contributed by atoms with Crippen molar-refractivity contribution in [2.24, 2.45) is 0 Å². The van der Waals surface area contributed by atoms with Crippen LogP contribution in [0.3, 0.4) is 0 Å². The predicted molar refractivity (Wildman–Crippen MR) is 137 cm³/mol. The maximum Gasteiger partial charge on any atom is 0.337 e. The van der Waals surface area contributed by atoms with Gasteiger partial charge in [-0.05, 0) is 73.3 Å². The third kappa shape index (κ3) is 4.13. The van der Waals surface area contributed by atoms with Crippen molar-refractivity contribution in [1.29, 1.82) is 0 Å². The lowest BCUT2D eigenvalue weighted by atomic mass is 10.1. The lowest BCUT2D eigenvalue weighted by molar-refractivity contribution is 0.0697. The molecule has 2 aromatic heterocycles. The van der Waals surface area contributed by atoms with Crippen molar-refractivity contribution >= 4 is 38.9 Å². The summed E-state index contributed by atoms with van der Waals surface area (Å²) < 4.78 is 21.8. The van der Waals surface area contributed by atoms with Gasteiger partial charge in [-0.25, -0.2) is 13.9 Å². The van der Waals surface area contributed by atoms with E-state index in [1.165, 1.54) is 36.6 Å². The Balaban J connectivity index is 1.75. The van der Waals surface area contributed by atoms with Crippen LogP contribution in [0, 0.1) is 19.7 Å². The molecule has 0 saturated heterocycles. The number of anilines is 2. The monoisotopic (exact) mass is 487 g/mol. The molecule has 6 nitrogen and oxygen atoms in total. The summed E-state index contributed by atoms with van der Waals surface area (Å²) in [4.78, 5) is 12.9. The minimum atomic E-state index is -1.08. The molecule has 2 N–H and O–H groups in total. The molecular formula is C27H22FN3O3S. The van der Waals surface area contributed by atoms with E-state index in [9.17, 15) is 14.3 Å². The van der Waals surface area contributed by atoms with Crippen LogP contribution in [0.25, 0.3) is 26.2 Å². The molecule has 0 atom stereocenters. The third-order valence-corrected chi connectivity index (χ3v) is 6.97. The maximum absolute atomic E-state index is 13.9. The Morgan fingerprint density at radius 1 is 1.09 bits per heavy atom. The number of hydrogen-bond acceptors (Lipinski definition) is 5. The number of nitrogens with one attached hydrogen (secondary N) is 1. The van der Waals surface area contributed by atoms with Crippen molar-refractivity contribution in [3.8, 4) is 21.9 Å². The number of hydrogen-bond donors (Lipinski definition) is 2. The number of aromatic carboxylic acids is 1. The van der Waals surface area contributed by atoms with E-state index in [1.807, 2.05) is 44.2 Å². The minimum Gasteiger partial charge on any atom is -0.497 e. The van der Waals surface area contributed by atoms with Crippen LogP contribution in [0.1, 0.15) is 21.6 Å². The van der Waals surface area contributed by atoms with E-state index >= 15 is 0 Å². The van der Waals surface area contributed by atoms with Crippen LogP contribution in [0.5, 0.6) is 5.75 Å². The Kier molecular flexibility index (Phi) is 5.74. The molecule has 0 aliphatic rings. The van der Waals surface area contributed by atoms with Crippen molar-refractivity contribution in [1.82, 2.24) is 9.78 Å². The number of rotatable bonds is 6. The van der Waals surface area contributed by atoms with Crippen LogP contribution in [-0.4, -0.2) is 28.0 Å². The molecule has 0 amide bonds. The normalized spacial score (nSPS) is 11.1. The molecule has 0 fully saturated rings. The highest BCUT2D eigenvalue weighted by molar-refractivity contribution is 7.22. The zero-order valence-corrected chi connectivity index (χ0v) is 20.1. The molecule has 2 heterocycles. The Bertz CT molecular complexity index is 1590. The molecule has 35 heavy (non-hydrogen) atoms. The van der Waals surface area contributed by atoms with Crippen molar-refractivity contribution < 1.29 is 19.0 Å². The standard InChI is InChI=1S/C27H22FN3O3S/c1-15-6-4-5-7-22(15)31-26(29-21-10-9-19(34-3)14-20(21)27(32)33)25(16(2)30-31)24-13-17-12-18(28)8-11-23(17)35-24/h4-14,29H,1-3H3,(H,32,33). The predicted octanol–water partition coefficient (Wildman–Crippen LogP) is 6.96. The largest absolute Gasteiger partial charge is 0.497 e. The second-order valence-corrected chi connectivity index (χ2v) is 9.23. The number of carbonyl (C=O) groups is 1. The Morgan fingerprint density at radius 3 is 2.63 bits per heavy atom. The van der Waals surface area contributed by atoms with Gasteiger partial charge in [0.05, 0.1) is 35.3 Å². The van der Waals surface area contributed by atoms with E-state index in [1.54, 1.807) is 22.9 Å². The highest BCUT2D eigenvalue weighted by atomic mass is 32.1. The SMILES string of the molecule is COc1ccc(Nc2c(-c3cc4cc(F)ccc4s3)c(C)nn2-c2ccccc2C)c(C(=O)O)c1. The van der Waals surface area contributed by atoms with Gasteiger partial charge in [0.2, 0.25) is 0 Å². The van der Waals surface area contributed by atoms with E-state index in [2.05, 4.69) is 5.32 Å². The number of ether oxygens (including phenoxy) is 1. The molecule has 0 saturated carbocycles. The second kappa shape index (κ2) is 8.88. The van der Waals surface area contributed by atoms with Gasteiger partial charge in [-0.1, -0.05) is 18.2 Å². The summed E-state index contributed by atoms with van der Waals surface area (Å²) >= 11 is 1.53. The van der Waals surface area contributed by atoms with E-state index in [-0.39, 0.29) is 11.4 Å². The number of nitrogens with zero attached hydrogens (tertiary/aromatic N) is 2. The average molecular weight is 488 g/mol. The van der Waals surface area contributed by atoms with Gasteiger partial charge in [-0.3, -0.25) is 0 Å². The average Bonchev–Trinajstić information content (AvgIpc) is 3.39. The lowest BCUT2D eigenvalue weighted by Gasteiger charge is -2.15. The first-order chi connectivity index (χ1) is 16.9. The summed E-state index contributed by atoms with van der Waals surface area (Å²) in [6.07, 6.45) is 0. The number of aromatic nitrogens is 2. The molecule has 8 heteroatoms. The Hall–Kier alpha value is -4.17. The molecule has 3 aromatic carbocycles. The first-order valence-electron chi connectivity index (χ1n) is 10.9. The van der Waals surface area contributed by atoms with Gasteiger partial charge in [0.15, 0.2) is 0 Å². The van der Waals surface area contributed by atoms with E-state index < -0.39 is 5.97 Å². The summed E-state index contributed by atoms with van der Waals surface area (Å²) in [7, 11) is 1.49. The van der Waals surface area contributed by atoms with Crippen LogP contribution < -0.4 is 10.1 Å². The fourth-order valence-electron chi connectivity index (χ4n) is 4.11. The second-order valence-electron chi connectivity index (χ2n) is 8.14. The molecule has 0 aliphatic carbocycles. The van der Waals surface area contributed by atoms with Crippen molar-refractivity contribution in [2.45, 2.75) is 13.8 Å². The van der Waals surface area contributed by atoms with Gasteiger partial charge in [0.25, 0.3) is 0 Å². The van der Waals surface area contributed by atoms with Gasteiger partial charge in [0, 0.05) is 9.58 Å². The fraction of sp³-hybridized carbons (Fsp3) is 0.111. The van der Waals surface area contributed by atoms with Crippen LogP contribution in [-0.2, 0) is 0 Å². The van der Waals surface area contributed by atoms with Gasteiger partial charge in [0.1, 0.15) is 17.4 Å².